The van der Waals surface area contributed by atoms with Crippen molar-refractivity contribution in [1.29, 1.82) is 0 Å². The highest BCUT2D eigenvalue weighted by molar-refractivity contribution is 7.99. The molecule has 1 aliphatic heterocycles. The predicted molar refractivity (Wildman–Crippen MR) is 82.1 cm³/mol. The number of nitrogens with zero attached hydrogens (tertiary/aromatic N) is 1. The maximum atomic E-state index is 6.29. The van der Waals surface area contributed by atoms with E-state index in [0.717, 1.165) is 12.5 Å². The minimum atomic E-state index is 0.231. The van der Waals surface area contributed by atoms with Crippen molar-refractivity contribution in [3.8, 4) is 0 Å². The van der Waals surface area contributed by atoms with Crippen molar-refractivity contribution >= 4 is 11.8 Å². The fourth-order valence-electron chi connectivity index (χ4n) is 3.34. The van der Waals surface area contributed by atoms with Crippen LogP contribution in [0.5, 0.6) is 0 Å². The van der Waals surface area contributed by atoms with Crippen LogP contribution in [0.2, 0.25) is 0 Å². The molecule has 0 aromatic rings. The molecule has 0 bridgehead atoms. The van der Waals surface area contributed by atoms with E-state index in [4.69, 9.17) is 5.73 Å². The molecule has 1 saturated carbocycles. The molecule has 0 aromatic carbocycles. The molecule has 3 heteroatoms. The molecular formula is C15H30N2S. The van der Waals surface area contributed by atoms with E-state index in [-0.39, 0.29) is 5.54 Å². The van der Waals surface area contributed by atoms with E-state index in [1.165, 1.54) is 50.3 Å². The summed E-state index contributed by atoms with van der Waals surface area (Å²) in [5.74, 6) is 3.49. The first-order chi connectivity index (χ1) is 8.55. The molecule has 2 rings (SSSR count). The zero-order valence-electron chi connectivity index (χ0n) is 12.4. The summed E-state index contributed by atoms with van der Waals surface area (Å²) >= 11 is 2.11. The lowest BCUT2D eigenvalue weighted by atomic mass is 9.69. The van der Waals surface area contributed by atoms with Gasteiger partial charge in [0.05, 0.1) is 0 Å². The van der Waals surface area contributed by atoms with Crippen molar-refractivity contribution in [3.63, 3.8) is 0 Å². The first kappa shape index (κ1) is 14.7. The second kappa shape index (κ2) is 5.72. The van der Waals surface area contributed by atoms with Crippen LogP contribution in [0.15, 0.2) is 0 Å². The third-order valence-corrected chi connectivity index (χ3v) is 6.26. The van der Waals surface area contributed by atoms with Gasteiger partial charge in [-0.1, -0.05) is 20.8 Å². The highest BCUT2D eigenvalue weighted by Crippen LogP contribution is 2.46. The molecule has 1 atom stereocenters. The molecule has 1 unspecified atom stereocenters. The molecule has 2 N–H and O–H groups in total. The maximum absolute atomic E-state index is 6.29. The van der Waals surface area contributed by atoms with Gasteiger partial charge in [-0.25, -0.2) is 0 Å². The van der Waals surface area contributed by atoms with Crippen LogP contribution in [0.4, 0.5) is 0 Å². The van der Waals surface area contributed by atoms with Crippen molar-refractivity contribution < 1.29 is 0 Å². The summed E-state index contributed by atoms with van der Waals surface area (Å²) in [4.78, 5) is 2.76. The third kappa shape index (κ3) is 2.73. The lowest BCUT2D eigenvalue weighted by molar-refractivity contribution is -0.00197. The molecular weight excluding hydrogens is 240 g/mol. The van der Waals surface area contributed by atoms with E-state index in [9.17, 15) is 0 Å². The fraction of sp³-hybridized carbons (Fsp3) is 1.00. The summed E-state index contributed by atoms with van der Waals surface area (Å²) in [5.41, 5.74) is 6.88. The number of hydrogen-bond donors (Lipinski definition) is 1. The van der Waals surface area contributed by atoms with E-state index < -0.39 is 0 Å². The quantitative estimate of drug-likeness (QED) is 0.804. The summed E-state index contributed by atoms with van der Waals surface area (Å²) in [6, 6.07) is 0. The predicted octanol–water partition coefficient (Wildman–Crippen LogP) is 2.97. The smallest absolute Gasteiger partial charge is 0.0473 e. The van der Waals surface area contributed by atoms with Crippen LogP contribution >= 0.6 is 11.8 Å². The highest BCUT2D eigenvalue weighted by atomic mass is 32.2. The number of thioether (sulfide) groups is 1. The summed E-state index contributed by atoms with van der Waals surface area (Å²) in [7, 11) is 0. The molecule has 106 valence electrons. The topological polar surface area (TPSA) is 29.3 Å². The number of hydrogen-bond acceptors (Lipinski definition) is 3. The van der Waals surface area contributed by atoms with Gasteiger partial charge in [0.15, 0.2) is 0 Å². The second-order valence-corrected chi connectivity index (χ2v) is 7.92. The minimum absolute atomic E-state index is 0.231. The Kier molecular flexibility index (Phi) is 4.66. The molecule has 2 fully saturated rings. The maximum Gasteiger partial charge on any atom is 0.0473 e. The number of rotatable bonds is 6. The Morgan fingerprint density at radius 1 is 1.33 bits per heavy atom. The zero-order chi connectivity index (χ0) is 13.2. The lowest BCUT2D eigenvalue weighted by Crippen LogP contribution is -2.66. The van der Waals surface area contributed by atoms with Crippen LogP contribution in [0.3, 0.4) is 0 Å². The van der Waals surface area contributed by atoms with Crippen molar-refractivity contribution in [3.05, 3.63) is 0 Å². The largest absolute Gasteiger partial charge is 0.329 e. The average Bonchev–Trinajstić information content (AvgIpc) is 3.12. The van der Waals surface area contributed by atoms with E-state index in [1.54, 1.807) is 0 Å². The Balaban J connectivity index is 2.19. The van der Waals surface area contributed by atoms with Crippen LogP contribution in [-0.4, -0.2) is 41.6 Å². The summed E-state index contributed by atoms with van der Waals surface area (Å²) in [5, 5.41) is 0. The number of nitrogens with two attached hydrogens (primary N) is 1. The molecule has 2 nitrogen and oxygen atoms in total. The Hall–Kier alpha value is 0.270. The first-order valence-electron chi connectivity index (χ1n) is 7.58. The molecule has 0 amide bonds. The van der Waals surface area contributed by atoms with Crippen LogP contribution in [0.1, 0.15) is 46.5 Å². The van der Waals surface area contributed by atoms with Gasteiger partial charge >= 0.3 is 0 Å². The highest BCUT2D eigenvalue weighted by Gasteiger charge is 2.50. The lowest BCUT2D eigenvalue weighted by Gasteiger charge is -2.56. The average molecular weight is 270 g/mol. The van der Waals surface area contributed by atoms with E-state index in [2.05, 4.69) is 37.4 Å². The van der Waals surface area contributed by atoms with Crippen LogP contribution < -0.4 is 5.73 Å². The van der Waals surface area contributed by atoms with Gasteiger partial charge in [-0.2, -0.15) is 11.8 Å². The Bertz CT molecular complexity index is 276. The van der Waals surface area contributed by atoms with E-state index in [0.29, 0.717) is 5.41 Å². The molecule has 1 heterocycles. The van der Waals surface area contributed by atoms with E-state index in [1.807, 2.05) is 0 Å². The first-order valence-corrected chi connectivity index (χ1v) is 8.74. The van der Waals surface area contributed by atoms with Gasteiger partial charge in [0, 0.05) is 24.4 Å². The third-order valence-electron chi connectivity index (χ3n) is 5.08. The zero-order valence-corrected chi connectivity index (χ0v) is 13.2. The van der Waals surface area contributed by atoms with Crippen molar-refractivity contribution in [2.45, 2.75) is 52.0 Å². The fourth-order valence-corrected chi connectivity index (χ4v) is 5.17. The molecule has 0 aromatic heterocycles. The van der Waals surface area contributed by atoms with Crippen LogP contribution in [0, 0.1) is 11.3 Å². The molecule has 2 aliphatic rings. The molecule has 18 heavy (non-hydrogen) atoms. The van der Waals surface area contributed by atoms with Crippen molar-refractivity contribution in [1.82, 2.24) is 4.90 Å². The Morgan fingerprint density at radius 3 is 2.56 bits per heavy atom. The van der Waals surface area contributed by atoms with Gasteiger partial charge in [0.25, 0.3) is 0 Å². The minimum Gasteiger partial charge on any atom is -0.329 e. The molecule has 0 radical (unpaired) electrons. The second-order valence-electron chi connectivity index (χ2n) is 6.81. The van der Waals surface area contributed by atoms with Crippen LogP contribution in [0.25, 0.3) is 0 Å². The molecule has 1 aliphatic carbocycles. The van der Waals surface area contributed by atoms with E-state index >= 15 is 0 Å². The summed E-state index contributed by atoms with van der Waals surface area (Å²) in [6.45, 7) is 10.5. The standard InChI is InChI=1S/C15H30N2S/c1-4-8-17(10-13-5-6-13)15(11-16)12-18-9-7-14(15,2)3/h13H,4-12,16H2,1-3H3. The van der Waals surface area contributed by atoms with Gasteiger partial charge in [-0.05, 0) is 49.3 Å². The van der Waals surface area contributed by atoms with Gasteiger partial charge < -0.3 is 5.73 Å². The monoisotopic (exact) mass is 270 g/mol. The van der Waals surface area contributed by atoms with Gasteiger partial charge in [-0.15, -0.1) is 0 Å². The van der Waals surface area contributed by atoms with Crippen molar-refractivity contribution in [2.75, 3.05) is 31.1 Å². The Morgan fingerprint density at radius 2 is 2.06 bits per heavy atom. The Labute approximate surface area is 117 Å². The van der Waals surface area contributed by atoms with Gasteiger partial charge in [-0.3, -0.25) is 4.90 Å². The SMILES string of the molecule is CCCN(CC1CC1)C1(CN)CSCCC1(C)C. The molecule has 0 spiro atoms. The summed E-state index contributed by atoms with van der Waals surface area (Å²) < 4.78 is 0. The van der Waals surface area contributed by atoms with Gasteiger partial charge in [0.2, 0.25) is 0 Å². The van der Waals surface area contributed by atoms with Gasteiger partial charge in [0.1, 0.15) is 0 Å². The normalized spacial score (nSPS) is 31.8. The molecule has 1 saturated heterocycles. The summed E-state index contributed by atoms with van der Waals surface area (Å²) in [6.07, 6.45) is 5.43. The van der Waals surface area contributed by atoms with Crippen molar-refractivity contribution in [2.24, 2.45) is 17.1 Å². The van der Waals surface area contributed by atoms with Crippen LogP contribution in [-0.2, 0) is 0 Å².